The first-order chi connectivity index (χ1) is 18.5. The van der Waals surface area contributed by atoms with Crippen molar-refractivity contribution in [1.29, 1.82) is 0 Å². The summed E-state index contributed by atoms with van der Waals surface area (Å²) in [5.74, 6) is -3.91. The fourth-order valence-corrected chi connectivity index (χ4v) is 4.33. The summed E-state index contributed by atoms with van der Waals surface area (Å²) in [4.78, 5) is 24.6. The van der Waals surface area contributed by atoms with Gasteiger partial charge in [-0.05, 0) is 39.2 Å². The summed E-state index contributed by atoms with van der Waals surface area (Å²) >= 11 is 0. The van der Waals surface area contributed by atoms with Crippen molar-refractivity contribution in [2.45, 2.75) is 58.1 Å². The number of rotatable bonds is 5. The molecule has 0 radical (unpaired) electrons. The van der Waals surface area contributed by atoms with Crippen LogP contribution < -0.4 is 4.74 Å². The molecule has 2 aliphatic rings. The molecule has 2 saturated heterocycles. The number of carbonyl (C=O) groups is 2. The van der Waals surface area contributed by atoms with Crippen molar-refractivity contribution in [3.05, 3.63) is 41.4 Å². The van der Waals surface area contributed by atoms with Crippen LogP contribution in [0.25, 0.3) is 0 Å². The monoisotopic (exact) mass is 585 g/mol. The molecule has 2 aromatic heterocycles. The van der Waals surface area contributed by atoms with Crippen molar-refractivity contribution >= 4 is 11.9 Å². The summed E-state index contributed by atoms with van der Waals surface area (Å²) in [6.07, 6.45) is -4.88. The molecule has 10 nitrogen and oxygen atoms in total. The lowest BCUT2D eigenvalue weighted by atomic mass is 9.73. The van der Waals surface area contributed by atoms with Gasteiger partial charge in [0.15, 0.2) is 0 Å². The third-order valence-electron chi connectivity index (χ3n) is 6.26. The van der Waals surface area contributed by atoms with Crippen LogP contribution in [0.4, 0.5) is 26.3 Å². The number of nitrogens with zero attached hydrogens (tertiary/aromatic N) is 3. The Balaban J connectivity index is 0.000000333. The number of aromatic nitrogens is 2. The van der Waals surface area contributed by atoms with Crippen LogP contribution in [0.1, 0.15) is 36.3 Å². The summed E-state index contributed by atoms with van der Waals surface area (Å²) in [6, 6.07) is 5.78. The number of alkyl halides is 6. The van der Waals surface area contributed by atoms with Crippen LogP contribution in [-0.4, -0.2) is 82.0 Å². The van der Waals surface area contributed by atoms with E-state index in [4.69, 9.17) is 33.8 Å². The maximum Gasteiger partial charge on any atom is 0.490 e. The molecule has 4 heterocycles. The van der Waals surface area contributed by atoms with Gasteiger partial charge in [0.25, 0.3) is 0 Å². The Kier molecular flexibility index (Phi) is 11.3. The van der Waals surface area contributed by atoms with Crippen molar-refractivity contribution in [3.8, 4) is 5.88 Å². The van der Waals surface area contributed by atoms with Crippen molar-refractivity contribution < 1.29 is 60.1 Å². The molecule has 40 heavy (non-hydrogen) atoms. The first-order valence-corrected chi connectivity index (χ1v) is 11.9. The highest BCUT2D eigenvalue weighted by molar-refractivity contribution is 5.73. The number of aryl methyl sites for hydroxylation is 2. The summed E-state index contributed by atoms with van der Waals surface area (Å²) in [7, 11) is 0. The van der Waals surface area contributed by atoms with Crippen molar-refractivity contribution in [3.63, 3.8) is 0 Å². The second-order valence-corrected chi connectivity index (χ2v) is 9.19. The molecule has 2 N–H and O–H groups in total. The molecule has 0 aromatic carbocycles. The van der Waals surface area contributed by atoms with E-state index < -0.39 is 24.3 Å². The number of halogens is 6. The second kappa shape index (κ2) is 13.8. The molecule has 224 valence electrons. The Morgan fingerprint density at radius 3 is 2.25 bits per heavy atom. The van der Waals surface area contributed by atoms with E-state index in [9.17, 15) is 26.3 Å². The average molecular weight is 585 g/mol. The lowest BCUT2D eigenvalue weighted by Gasteiger charge is -2.50. The third-order valence-corrected chi connectivity index (χ3v) is 6.26. The number of hydrogen-bond donors (Lipinski definition) is 2. The first kappa shape index (κ1) is 32.8. The Labute approximate surface area is 224 Å². The largest absolute Gasteiger partial charge is 0.490 e. The number of aliphatic carboxylic acids is 2. The van der Waals surface area contributed by atoms with E-state index in [2.05, 4.69) is 15.0 Å². The SMILES string of the molecule is Cc1noc(C)c1CN1CCC2OCCCC2(COc2ccccn2)C1.O=C(O)C(F)(F)F.O=C(O)C(F)(F)F. The second-order valence-electron chi connectivity index (χ2n) is 9.19. The van der Waals surface area contributed by atoms with E-state index in [-0.39, 0.29) is 11.5 Å². The van der Waals surface area contributed by atoms with Gasteiger partial charge in [0, 0.05) is 49.5 Å². The average Bonchev–Trinajstić information content (AvgIpc) is 3.20. The van der Waals surface area contributed by atoms with Gasteiger partial charge in [0.05, 0.1) is 18.4 Å². The number of carboxylic acid groups (broad SMARTS) is 2. The normalized spacial score (nSPS) is 21.1. The predicted octanol–water partition coefficient (Wildman–Crippen LogP) is 4.40. The van der Waals surface area contributed by atoms with Crippen LogP contribution in [0.3, 0.4) is 0 Å². The van der Waals surface area contributed by atoms with Gasteiger partial charge in [0.2, 0.25) is 5.88 Å². The van der Waals surface area contributed by atoms with Gasteiger partial charge >= 0.3 is 24.3 Å². The number of fused-ring (bicyclic) bond motifs is 1. The topological polar surface area (TPSA) is 135 Å². The maximum atomic E-state index is 10.6. The third kappa shape index (κ3) is 9.66. The fraction of sp³-hybridized carbons (Fsp3) is 0.583. The highest BCUT2D eigenvalue weighted by Gasteiger charge is 2.47. The molecule has 2 aromatic rings. The van der Waals surface area contributed by atoms with Gasteiger partial charge in [-0.1, -0.05) is 11.2 Å². The number of likely N-dealkylation sites (tertiary alicyclic amines) is 1. The molecule has 0 aliphatic carbocycles. The zero-order chi connectivity index (χ0) is 30.1. The fourth-order valence-electron chi connectivity index (χ4n) is 4.33. The minimum atomic E-state index is -5.08. The highest BCUT2D eigenvalue weighted by atomic mass is 19.4. The standard InChI is InChI=1S/C20H27N3O3.2C2HF3O2/c1-15-17(16(2)26-22-15)12-23-10-7-18-20(13-23,8-5-11-24-18)14-25-19-6-3-4-9-21-19;2*3-2(4,5)1(6)7/h3-4,6,9,18H,5,7-8,10-14H2,1-2H3;2*(H,6,7). The van der Waals surface area contributed by atoms with E-state index in [0.717, 1.165) is 57.0 Å². The number of piperidine rings is 1. The van der Waals surface area contributed by atoms with Crippen LogP contribution in [0.5, 0.6) is 5.88 Å². The Bertz CT molecular complexity index is 1070. The molecule has 0 saturated carbocycles. The Hall–Kier alpha value is -3.40. The molecule has 2 fully saturated rings. The maximum absolute atomic E-state index is 10.6. The Morgan fingerprint density at radius 2 is 1.75 bits per heavy atom. The van der Waals surface area contributed by atoms with E-state index in [1.807, 2.05) is 32.0 Å². The first-order valence-electron chi connectivity index (χ1n) is 11.9. The summed E-state index contributed by atoms with van der Waals surface area (Å²) in [5, 5.41) is 18.3. The van der Waals surface area contributed by atoms with Gasteiger partial charge in [-0.3, -0.25) is 4.90 Å². The van der Waals surface area contributed by atoms with Crippen LogP contribution in [0.15, 0.2) is 28.9 Å². The van der Waals surface area contributed by atoms with Crippen LogP contribution in [0.2, 0.25) is 0 Å². The lowest BCUT2D eigenvalue weighted by molar-refractivity contribution is -0.193. The lowest BCUT2D eigenvalue weighted by Crippen LogP contribution is -2.57. The van der Waals surface area contributed by atoms with Gasteiger partial charge in [-0.15, -0.1) is 0 Å². The van der Waals surface area contributed by atoms with Crippen molar-refractivity contribution in [2.75, 3.05) is 26.3 Å². The van der Waals surface area contributed by atoms with Crippen LogP contribution in [-0.2, 0) is 20.9 Å². The van der Waals surface area contributed by atoms with Gasteiger partial charge in [-0.25, -0.2) is 14.6 Å². The molecule has 2 unspecified atom stereocenters. The van der Waals surface area contributed by atoms with Crippen LogP contribution in [0, 0.1) is 19.3 Å². The highest BCUT2D eigenvalue weighted by Crippen LogP contribution is 2.41. The van der Waals surface area contributed by atoms with Gasteiger partial charge in [0.1, 0.15) is 5.76 Å². The number of pyridine rings is 1. The minimum absolute atomic E-state index is 0.0208. The molecule has 4 rings (SSSR count). The summed E-state index contributed by atoms with van der Waals surface area (Å²) in [5.41, 5.74) is 2.22. The number of ether oxygens (including phenoxy) is 2. The minimum Gasteiger partial charge on any atom is -0.477 e. The molecule has 0 spiro atoms. The van der Waals surface area contributed by atoms with E-state index in [0.29, 0.717) is 12.5 Å². The van der Waals surface area contributed by atoms with Gasteiger partial charge < -0.3 is 24.2 Å². The smallest absolute Gasteiger partial charge is 0.477 e. The molecule has 2 aliphatic heterocycles. The Morgan fingerprint density at radius 1 is 1.12 bits per heavy atom. The van der Waals surface area contributed by atoms with Gasteiger partial charge in [-0.2, -0.15) is 26.3 Å². The van der Waals surface area contributed by atoms with Crippen molar-refractivity contribution in [1.82, 2.24) is 15.0 Å². The van der Waals surface area contributed by atoms with Crippen LogP contribution >= 0.6 is 0 Å². The molecular formula is C24H29F6N3O7. The van der Waals surface area contributed by atoms with E-state index in [1.165, 1.54) is 5.56 Å². The molecular weight excluding hydrogens is 556 g/mol. The quantitative estimate of drug-likeness (QED) is 0.486. The summed E-state index contributed by atoms with van der Waals surface area (Å²) in [6.45, 7) is 8.38. The zero-order valence-corrected chi connectivity index (χ0v) is 21.6. The molecule has 2 atom stereocenters. The molecule has 0 bridgehead atoms. The number of carboxylic acids is 2. The zero-order valence-electron chi connectivity index (χ0n) is 21.6. The molecule has 16 heteroatoms. The summed E-state index contributed by atoms with van der Waals surface area (Å²) < 4.78 is 81.0. The predicted molar refractivity (Wildman–Crippen MR) is 124 cm³/mol. The van der Waals surface area contributed by atoms with E-state index in [1.54, 1.807) is 6.20 Å². The van der Waals surface area contributed by atoms with E-state index >= 15 is 0 Å². The van der Waals surface area contributed by atoms with Crippen molar-refractivity contribution in [2.24, 2.45) is 5.41 Å². The number of hydrogen-bond acceptors (Lipinski definition) is 8. The molecule has 0 amide bonds.